The van der Waals surface area contributed by atoms with E-state index in [1.54, 1.807) is 6.26 Å². The summed E-state index contributed by atoms with van der Waals surface area (Å²) in [4.78, 5) is 16.3. The number of aromatic amines is 1. The highest BCUT2D eigenvalue weighted by molar-refractivity contribution is 5.87. The third-order valence-electron chi connectivity index (χ3n) is 5.51. The van der Waals surface area contributed by atoms with E-state index in [4.69, 9.17) is 4.42 Å². The Morgan fingerprint density at radius 2 is 1.94 bits per heavy atom. The molecule has 2 bridgehead atoms. The van der Waals surface area contributed by atoms with Gasteiger partial charge in [-0.1, -0.05) is 0 Å². The maximum absolute atomic E-state index is 5.58. The molecule has 3 saturated heterocycles. The average molecular weight is 461 g/mol. The Labute approximate surface area is 190 Å². The topological polar surface area (TPSA) is 108 Å². The molecule has 3 fully saturated rings. The standard InChI is InChI=1S/C20H20N8O.2ClH/c1-11-6-16(27-26-11)24-20-18-15(4-5-29-18)23-19(25-20)12-2-3-17(21-8-12)28-9-13-7-14(10-28)22-13;;/h2-6,8,13-14,22H,7,9-10H2,1H3,(H2,23,24,25,26,27);2*1H. The van der Waals surface area contributed by atoms with Crippen LogP contribution in [-0.4, -0.2) is 50.3 Å². The van der Waals surface area contributed by atoms with Crippen molar-refractivity contribution in [1.82, 2.24) is 30.5 Å². The second kappa shape index (κ2) is 8.33. The van der Waals surface area contributed by atoms with Gasteiger partial charge < -0.3 is 20.0 Å². The Bertz CT molecular complexity index is 1180. The first-order valence-corrected chi connectivity index (χ1v) is 9.73. The Balaban J connectivity index is 0.00000116. The van der Waals surface area contributed by atoms with E-state index in [1.165, 1.54) is 6.42 Å². The van der Waals surface area contributed by atoms with E-state index in [9.17, 15) is 0 Å². The van der Waals surface area contributed by atoms with Gasteiger partial charge in [-0.15, -0.1) is 24.8 Å². The van der Waals surface area contributed by atoms with Crippen LogP contribution in [0.4, 0.5) is 17.5 Å². The third kappa shape index (κ3) is 3.91. The van der Waals surface area contributed by atoms with Gasteiger partial charge in [0.1, 0.15) is 11.3 Å². The molecule has 7 heterocycles. The molecular weight excluding hydrogens is 439 g/mol. The Kier molecular flexibility index (Phi) is 5.74. The number of aromatic nitrogens is 5. The summed E-state index contributed by atoms with van der Waals surface area (Å²) in [6, 6.07) is 9.01. The fourth-order valence-corrected chi connectivity index (χ4v) is 4.09. The van der Waals surface area contributed by atoms with E-state index in [2.05, 4.69) is 40.7 Å². The van der Waals surface area contributed by atoms with Crippen LogP contribution in [0, 0.1) is 6.92 Å². The summed E-state index contributed by atoms with van der Waals surface area (Å²) in [7, 11) is 0. The molecule has 0 aromatic carbocycles. The lowest BCUT2D eigenvalue weighted by atomic mass is 9.91. The maximum atomic E-state index is 5.58. The number of hydrogen-bond donors (Lipinski definition) is 3. The fraction of sp³-hybridized carbons (Fsp3) is 0.300. The highest BCUT2D eigenvalue weighted by Crippen LogP contribution is 2.29. The van der Waals surface area contributed by atoms with E-state index >= 15 is 0 Å². The number of anilines is 3. The molecule has 0 spiro atoms. The van der Waals surface area contributed by atoms with E-state index in [-0.39, 0.29) is 24.8 Å². The molecule has 0 radical (unpaired) electrons. The first-order valence-electron chi connectivity index (χ1n) is 9.73. The molecule has 0 amide bonds. The molecule has 3 aliphatic rings. The van der Waals surface area contributed by atoms with Gasteiger partial charge in [0, 0.05) is 54.8 Å². The predicted molar refractivity (Wildman–Crippen MR) is 124 cm³/mol. The van der Waals surface area contributed by atoms with Gasteiger partial charge in [-0.25, -0.2) is 15.0 Å². The van der Waals surface area contributed by atoms with Crippen LogP contribution in [0.5, 0.6) is 0 Å². The summed E-state index contributed by atoms with van der Waals surface area (Å²) in [5.74, 6) is 2.85. The summed E-state index contributed by atoms with van der Waals surface area (Å²) in [5.41, 5.74) is 3.15. The summed E-state index contributed by atoms with van der Waals surface area (Å²) < 4.78 is 5.58. The van der Waals surface area contributed by atoms with Crippen LogP contribution in [0.2, 0.25) is 0 Å². The molecule has 4 aromatic heterocycles. The van der Waals surface area contributed by atoms with Gasteiger partial charge in [-0.2, -0.15) is 5.10 Å². The van der Waals surface area contributed by atoms with Crippen molar-refractivity contribution in [2.24, 2.45) is 0 Å². The summed E-state index contributed by atoms with van der Waals surface area (Å²) >= 11 is 0. The number of H-pyrrole nitrogens is 1. The summed E-state index contributed by atoms with van der Waals surface area (Å²) in [5, 5.41) is 13.9. The number of aryl methyl sites for hydroxylation is 1. The first-order chi connectivity index (χ1) is 14.2. The van der Waals surface area contributed by atoms with E-state index in [1.807, 2.05) is 37.4 Å². The van der Waals surface area contributed by atoms with Gasteiger partial charge in [0.15, 0.2) is 23.0 Å². The molecule has 9 nitrogen and oxygen atoms in total. The third-order valence-corrected chi connectivity index (χ3v) is 5.51. The van der Waals surface area contributed by atoms with Crippen molar-refractivity contribution in [3.8, 4) is 11.4 Å². The lowest BCUT2D eigenvalue weighted by Crippen LogP contribution is -2.67. The summed E-state index contributed by atoms with van der Waals surface area (Å²) in [6.45, 7) is 3.97. The van der Waals surface area contributed by atoms with E-state index < -0.39 is 0 Å². The number of hydrogen-bond acceptors (Lipinski definition) is 8. The van der Waals surface area contributed by atoms with Crippen molar-refractivity contribution in [2.45, 2.75) is 25.4 Å². The molecule has 0 aliphatic carbocycles. The number of pyridine rings is 1. The molecule has 2 atom stereocenters. The summed E-state index contributed by atoms with van der Waals surface area (Å²) in [6.07, 6.45) is 4.73. The van der Waals surface area contributed by atoms with Crippen LogP contribution in [0.15, 0.2) is 41.1 Å². The SMILES string of the molecule is Cc1cc(Nc2nc(-c3ccc(N4CC5CC(C4)N5)nc3)nc3ccoc23)n[nH]1.Cl.Cl. The van der Waals surface area contributed by atoms with Crippen LogP contribution in [-0.2, 0) is 0 Å². The molecule has 31 heavy (non-hydrogen) atoms. The smallest absolute Gasteiger partial charge is 0.194 e. The quantitative estimate of drug-likeness (QED) is 0.424. The second-order valence-electron chi connectivity index (χ2n) is 7.70. The number of furan rings is 1. The fourth-order valence-electron chi connectivity index (χ4n) is 4.09. The minimum Gasteiger partial charge on any atom is -0.459 e. The van der Waals surface area contributed by atoms with Crippen molar-refractivity contribution in [2.75, 3.05) is 23.3 Å². The monoisotopic (exact) mass is 460 g/mol. The van der Waals surface area contributed by atoms with Crippen LogP contribution >= 0.6 is 24.8 Å². The molecule has 0 saturated carbocycles. The number of fused-ring (bicyclic) bond motifs is 3. The number of piperazine rings is 1. The van der Waals surface area contributed by atoms with Crippen LogP contribution in [0.1, 0.15) is 12.1 Å². The number of nitrogens with zero attached hydrogens (tertiary/aromatic N) is 5. The molecular formula is C20H22Cl2N8O. The van der Waals surface area contributed by atoms with E-state index in [0.717, 1.165) is 35.7 Å². The van der Waals surface area contributed by atoms with Gasteiger partial charge in [-0.05, 0) is 25.5 Å². The predicted octanol–water partition coefficient (Wildman–Crippen LogP) is 3.45. The number of halogens is 2. The van der Waals surface area contributed by atoms with Gasteiger partial charge in [0.2, 0.25) is 0 Å². The molecule has 4 aromatic rings. The van der Waals surface area contributed by atoms with Crippen LogP contribution in [0.25, 0.3) is 22.5 Å². The average Bonchev–Trinajstić information content (AvgIpc) is 3.36. The highest BCUT2D eigenvalue weighted by Gasteiger charge is 2.36. The van der Waals surface area contributed by atoms with Gasteiger partial charge in [0.05, 0.1) is 6.26 Å². The van der Waals surface area contributed by atoms with Gasteiger partial charge in [0.25, 0.3) is 0 Å². The largest absolute Gasteiger partial charge is 0.459 e. The maximum Gasteiger partial charge on any atom is 0.194 e. The zero-order chi connectivity index (χ0) is 19.4. The lowest BCUT2D eigenvalue weighted by Gasteiger charge is -2.48. The molecule has 162 valence electrons. The van der Waals surface area contributed by atoms with E-state index in [0.29, 0.717) is 35.1 Å². The van der Waals surface area contributed by atoms with Crippen LogP contribution in [0.3, 0.4) is 0 Å². The number of piperidine rings is 1. The van der Waals surface area contributed by atoms with Gasteiger partial charge >= 0.3 is 0 Å². The van der Waals surface area contributed by atoms with Crippen molar-refractivity contribution < 1.29 is 4.42 Å². The van der Waals surface area contributed by atoms with Crippen molar-refractivity contribution in [3.05, 3.63) is 42.4 Å². The molecule has 3 N–H and O–H groups in total. The zero-order valence-corrected chi connectivity index (χ0v) is 18.3. The Morgan fingerprint density at radius 1 is 1.13 bits per heavy atom. The van der Waals surface area contributed by atoms with Crippen LogP contribution < -0.4 is 15.5 Å². The highest BCUT2D eigenvalue weighted by atomic mass is 35.5. The number of nitrogens with one attached hydrogen (secondary N) is 3. The van der Waals surface area contributed by atoms with Crippen molar-refractivity contribution in [3.63, 3.8) is 0 Å². The Morgan fingerprint density at radius 3 is 2.61 bits per heavy atom. The Hall–Kier alpha value is -2.88. The molecule has 7 rings (SSSR count). The number of rotatable bonds is 4. The molecule has 11 heteroatoms. The van der Waals surface area contributed by atoms with Crippen molar-refractivity contribution >= 4 is 53.4 Å². The molecule has 2 unspecified atom stereocenters. The van der Waals surface area contributed by atoms with Crippen molar-refractivity contribution in [1.29, 1.82) is 0 Å². The minimum atomic E-state index is 0. The normalized spacial score (nSPS) is 19.3. The zero-order valence-electron chi connectivity index (χ0n) is 16.7. The molecule has 3 aliphatic heterocycles. The van der Waals surface area contributed by atoms with Gasteiger partial charge in [-0.3, -0.25) is 5.10 Å². The first kappa shape index (κ1) is 21.4. The second-order valence-corrected chi connectivity index (χ2v) is 7.70. The lowest BCUT2D eigenvalue weighted by molar-refractivity contribution is 0.225. The minimum absolute atomic E-state index is 0.